The number of amides is 1. The van der Waals surface area contributed by atoms with Crippen molar-refractivity contribution in [1.29, 1.82) is 0 Å². The number of nitrogens with one attached hydrogen (secondary N) is 1. The van der Waals surface area contributed by atoms with Crippen molar-refractivity contribution in [3.05, 3.63) is 24.2 Å². The molecule has 1 aromatic heterocycles. The number of nitrogens with zero attached hydrogens (tertiary/aromatic N) is 1. The lowest BCUT2D eigenvalue weighted by molar-refractivity contribution is -0.126. The number of likely N-dealkylation sites (tertiary alicyclic amines) is 1. The monoisotopic (exact) mass is 265 g/mol. The minimum absolute atomic E-state index is 0.0784. The lowest BCUT2D eigenvalue weighted by atomic mass is 9.95. The van der Waals surface area contributed by atoms with Crippen LogP contribution in [0.2, 0.25) is 0 Å². The number of nitrogens with two attached hydrogens (primary N) is 1. The first kappa shape index (κ1) is 14.1. The molecule has 1 amide bonds. The van der Waals surface area contributed by atoms with Crippen molar-refractivity contribution in [2.75, 3.05) is 26.2 Å². The zero-order chi connectivity index (χ0) is 13.7. The number of hydrogen-bond acceptors (Lipinski definition) is 4. The Bertz CT molecular complexity index is 391. The van der Waals surface area contributed by atoms with Gasteiger partial charge in [-0.05, 0) is 32.4 Å². The van der Waals surface area contributed by atoms with Gasteiger partial charge in [0.05, 0.1) is 18.4 Å². The molecule has 0 saturated carbocycles. The molecule has 0 bridgehead atoms. The first-order valence-corrected chi connectivity index (χ1v) is 6.96. The van der Waals surface area contributed by atoms with Crippen LogP contribution >= 0.6 is 0 Å². The highest BCUT2D eigenvalue weighted by Gasteiger charge is 2.28. The lowest BCUT2D eigenvalue weighted by Crippen LogP contribution is -2.44. The maximum atomic E-state index is 12.0. The van der Waals surface area contributed by atoms with Gasteiger partial charge in [-0.1, -0.05) is 0 Å². The normalized spacial score (nSPS) is 22.1. The van der Waals surface area contributed by atoms with Crippen molar-refractivity contribution in [1.82, 2.24) is 10.2 Å². The molecule has 0 spiro atoms. The average Bonchev–Trinajstić information content (AvgIpc) is 2.98. The fraction of sp³-hybridized carbons (Fsp3) is 0.643. The number of carbonyl (C=O) groups excluding carboxylic acids is 1. The van der Waals surface area contributed by atoms with E-state index in [9.17, 15) is 4.79 Å². The molecule has 1 saturated heterocycles. The smallest absolute Gasteiger partial charge is 0.224 e. The largest absolute Gasteiger partial charge is 0.472 e. The first-order chi connectivity index (χ1) is 9.22. The molecule has 1 fully saturated rings. The molecule has 19 heavy (non-hydrogen) atoms. The summed E-state index contributed by atoms with van der Waals surface area (Å²) < 4.78 is 5.13. The Kier molecular flexibility index (Phi) is 4.99. The minimum Gasteiger partial charge on any atom is -0.472 e. The number of furan rings is 1. The Morgan fingerprint density at radius 3 is 3.21 bits per heavy atom. The summed E-state index contributed by atoms with van der Waals surface area (Å²) in [6.45, 7) is 5.06. The molecule has 106 valence electrons. The number of piperidine rings is 1. The maximum absolute atomic E-state index is 12.0. The molecule has 1 aliphatic rings. The predicted octanol–water partition coefficient (Wildman–Crippen LogP) is 1.13. The second-order valence-electron chi connectivity index (χ2n) is 5.15. The highest BCUT2D eigenvalue weighted by molar-refractivity contribution is 5.78. The van der Waals surface area contributed by atoms with Crippen LogP contribution in [-0.4, -0.2) is 37.0 Å². The van der Waals surface area contributed by atoms with Gasteiger partial charge in [-0.2, -0.15) is 0 Å². The van der Waals surface area contributed by atoms with E-state index in [2.05, 4.69) is 17.1 Å². The van der Waals surface area contributed by atoms with Gasteiger partial charge >= 0.3 is 0 Å². The third kappa shape index (κ3) is 3.58. The summed E-state index contributed by atoms with van der Waals surface area (Å²) in [5.41, 5.74) is 6.58. The molecule has 5 heteroatoms. The molecule has 3 N–H and O–H groups in total. The van der Waals surface area contributed by atoms with Gasteiger partial charge < -0.3 is 15.5 Å². The van der Waals surface area contributed by atoms with Gasteiger partial charge in [-0.15, -0.1) is 0 Å². The summed E-state index contributed by atoms with van der Waals surface area (Å²) in [5.74, 6) is 0.212. The second kappa shape index (κ2) is 6.73. The Hall–Kier alpha value is -1.33. The average molecular weight is 265 g/mol. The zero-order valence-corrected chi connectivity index (χ0v) is 11.5. The van der Waals surface area contributed by atoms with Crippen molar-refractivity contribution in [2.24, 2.45) is 11.7 Å². The van der Waals surface area contributed by atoms with Crippen LogP contribution in [-0.2, 0) is 4.79 Å². The SMILES string of the molecule is CC(c1ccoc1)N1CCCC(C(=O)NCCN)C1. The molecule has 1 aliphatic heterocycles. The quantitative estimate of drug-likeness (QED) is 0.837. The molecule has 1 aromatic rings. The van der Waals surface area contributed by atoms with E-state index in [0.717, 1.165) is 25.9 Å². The van der Waals surface area contributed by atoms with Crippen LogP contribution in [0.15, 0.2) is 23.0 Å². The van der Waals surface area contributed by atoms with Gasteiger partial charge in [-0.25, -0.2) is 0 Å². The van der Waals surface area contributed by atoms with E-state index in [0.29, 0.717) is 19.1 Å². The molecule has 2 unspecified atom stereocenters. The van der Waals surface area contributed by atoms with Crippen LogP contribution < -0.4 is 11.1 Å². The molecule has 2 heterocycles. The van der Waals surface area contributed by atoms with Gasteiger partial charge in [0.15, 0.2) is 0 Å². The van der Waals surface area contributed by atoms with Gasteiger partial charge in [0.1, 0.15) is 0 Å². The first-order valence-electron chi connectivity index (χ1n) is 6.96. The highest BCUT2D eigenvalue weighted by atomic mass is 16.3. The second-order valence-corrected chi connectivity index (χ2v) is 5.15. The number of carbonyl (C=O) groups is 1. The van der Waals surface area contributed by atoms with Crippen molar-refractivity contribution in [3.8, 4) is 0 Å². The topological polar surface area (TPSA) is 71.5 Å². The third-order valence-corrected chi connectivity index (χ3v) is 3.84. The molecule has 2 atom stereocenters. The van der Waals surface area contributed by atoms with E-state index in [-0.39, 0.29) is 11.8 Å². The fourth-order valence-corrected chi connectivity index (χ4v) is 2.64. The van der Waals surface area contributed by atoms with Crippen molar-refractivity contribution < 1.29 is 9.21 Å². The van der Waals surface area contributed by atoms with Gasteiger partial charge in [-0.3, -0.25) is 9.69 Å². The molecule has 5 nitrogen and oxygen atoms in total. The highest BCUT2D eigenvalue weighted by Crippen LogP contribution is 2.26. The van der Waals surface area contributed by atoms with Gasteiger partial charge in [0.25, 0.3) is 0 Å². The molecule has 0 aliphatic carbocycles. The predicted molar refractivity (Wildman–Crippen MR) is 73.5 cm³/mol. The number of hydrogen-bond donors (Lipinski definition) is 2. The Balaban J connectivity index is 1.91. The van der Waals surface area contributed by atoms with Crippen LogP contribution in [0, 0.1) is 5.92 Å². The molecule has 0 aromatic carbocycles. The summed E-state index contributed by atoms with van der Waals surface area (Å²) in [6.07, 6.45) is 5.50. The van der Waals surface area contributed by atoms with Crippen LogP contribution in [0.25, 0.3) is 0 Å². The Morgan fingerprint density at radius 1 is 1.68 bits per heavy atom. The van der Waals surface area contributed by atoms with E-state index in [1.807, 2.05) is 6.07 Å². The standard InChI is InChI=1S/C14H23N3O2/c1-11(13-4-8-19-10-13)17-7-2-3-12(9-17)14(18)16-6-5-15/h4,8,10-12H,2-3,5-7,9,15H2,1H3,(H,16,18). The van der Waals surface area contributed by atoms with E-state index in [1.165, 1.54) is 5.56 Å². The molecule has 2 rings (SSSR count). The summed E-state index contributed by atoms with van der Waals surface area (Å²) in [7, 11) is 0. The van der Waals surface area contributed by atoms with Crippen molar-refractivity contribution in [3.63, 3.8) is 0 Å². The summed E-state index contributed by atoms with van der Waals surface area (Å²) >= 11 is 0. The summed E-state index contributed by atoms with van der Waals surface area (Å²) in [5, 5.41) is 2.89. The lowest BCUT2D eigenvalue weighted by Gasteiger charge is -2.35. The maximum Gasteiger partial charge on any atom is 0.224 e. The van der Waals surface area contributed by atoms with Crippen molar-refractivity contribution in [2.45, 2.75) is 25.8 Å². The van der Waals surface area contributed by atoms with Crippen LogP contribution in [0.5, 0.6) is 0 Å². The van der Waals surface area contributed by atoms with E-state index in [4.69, 9.17) is 10.2 Å². The number of rotatable bonds is 5. The van der Waals surface area contributed by atoms with Gasteiger partial charge in [0, 0.05) is 31.2 Å². The molecule has 0 radical (unpaired) electrons. The fourth-order valence-electron chi connectivity index (χ4n) is 2.64. The van der Waals surface area contributed by atoms with Crippen LogP contribution in [0.3, 0.4) is 0 Å². The zero-order valence-electron chi connectivity index (χ0n) is 11.5. The van der Waals surface area contributed by atoms with Crippen LogP contribution in [0.1, 0.15) is 31.4 Å². The summed E-state index contributed by atoms with van der Waals surface area (Å²) in [4.78, 5) is 14.3. The van der Waals surface area contributed by atoms with E-state index < -0.39 is 0 Å². The van der Waals surface area contributed by atoms with Crippen molar-refractivity contribution >= 4 is 5.91 Å². The Labute approximate surface area is 114 Å². The van der Waals surface area contributed by atoms with E-state index >= 15 is 0 Å². The molecular weight excluding hydrogens is 242 g/mol. The third-order valence-electron chi connectivity index (χ3n) is 3.84. The Morgan fingerprint density at radius 2 is 2.53 bits per heavy atom. The minimum atomic E-state index is 0.0784. The molecular formula is C14H23N3O2. The van der Waals surface area contributed by atoms with E-state index in [1.54, 1.807) is 12.5 Å². The summed E-state index contributed by atoms with van der Waals surface area (Å²) in [6, 6.07) is 2.28. The van der Waals surface area contributed by atoms with Gasteiger partial charge in [0.2, 0.25) is 5.91 Å². The van der Waals surface area contributed by atoms with Crippen LogP contribution in [0.4, 0.5) is 0 Å².